The Hall–Kier alpha value is -2.55. The molecule has 0 fully saturated rings. The number of likely N-dealkylation sites (N-methyl/N-ethyl adjacent to an activating group) is 1. The molecule has 0 aliphatic rings. The summed E-state index contributed by atoms with van der Waals surface area (Å²) in [4.78, 5) is 13.9. The Kier molecular flexibility index (Phi) is 4.43. The highest BCUT2D eigenvalue weighted by Gasteiger charge is 2.10. The summed E-state index contributed by atoms with van der Waals surface area (Å²) in [6.07, 6.45) is 3.37. The predicted molar refractivity (Wildman–Crippen MR) is 89.2 cm³/mol. The fourth-order valence-corrected chi connectivity index (χ4v) is 2.19. The Morgan fingerprint density at radius 1 is 1.10 bits per heavy atom. The normalized spacial score (nSPS) is 10.8. The zero-order chi connectivity index (χ0) is 15.4. The van der Waals surface area contributed by atoms with Crippen molar-refractivity contribution >= 4 is 23.4 Å². The van der Waals surface area contributed by atoms with E-state index in [1.54, 1.807) is 24.1 Å². The van der Waals surface area contributed by atoms with E-state index in [1.807, 2.05) is 50.2 Å². The molecule has 2 N–H and O–H groups in total. The number of hydrogen-bond acceptors (Lipinski definition) is 2. The van der Waals surface area contributed by atoms with Crippen molar-refractivity contribution in [3.8, 4) is 0 Å². The standard InChI is InChI=1S/C18H20N2O/c1-13-4-10-17(14(2)12-13)20(3)18(21)11-7-15-5-8-16(19)9-6-15/h4-12H,19H2,1-3H3/b11-7+. The van der Waals surface area contributed by atoms with E-state index in [0.717, 1.165) is 16.8 Å². The molecule has 0 unspecified atom stereocenters. The van der Waals surface area contributed by atoms with Crippen molar-refractivity contribution in [3.63, 3.8) is 0 Å². The number of nitrogen functional groups attached to an aromatic ring is 1. The van der Waals surface area contributed by atoms with E-state index in [2.05, 4.69) is 6.07 Å². The van der Waals surface area contributed by atoms with Crippen molar-refractivity contribution in [2.24, 2.45) is 0 Å². The van der Waals surface area contributed by atoms with Gasteiger partial charge in [-0.05, 0) is 49.2 Å². The van der Waals surface area contributed by atoms with Gasteiger partial charge in [-0.15, -0.1) is 0 Å². The lowest BCUT2D eigenvalue weighted by Crippen LogP contribution is -2.24. The van der Waals surface area contributed by atoms with Crippen LogP contribution >= 0.6 is 0 Å². The summed E-state index contributed by atoms with van der Waals surface area (Å²) < 4.78 is 0. The second-order valence-corrected chi connectivity index (χ2v) is 5.19. The summed E-state index contributed by atoms with van der Waals surface area (Å²) in [5, 5.41) is 0. The van der Waals surface area contributed by atoms with E-state index in [4.69, 9.17) is 5.73 Å². The van der Waals surface area contributed by atoms with E-state index < -0.39 is 0 Å². The molecular formula is C18H20N2O. The first-order chi connectivity index (χ1) is 9.97. The van der Waals surface area contributed by atoms with Crippen molar-refractivity contribution in [3.05, 3.63) is 65.2 Å². The molecule has 0 atom stereocenters. The lowest BCUT2D eigenvalue weighted by molar-refractivity contribution is -0.113. The van der Waals surface area contributed by atoms with Crippen LogP contribution in [0.25, 0.3) is 6.08 Å². The van der Waals surface area contributed by atoms with E-state index in [0.29, 0.717) is 5.69 Å². The minimum atomic E-state index is -0.0567. The first-order valence-electron chi connectivity index (χ1n) is 6.86. The molecule has 2 aromatic rings. The van der Waals surface area contributed by atoms with Crippen LogP contribution in [0.4, 0.5) is 11.4 Å². The van der Waals surface area contributed by atoms with Gasteiger partial charge < -0.3 is 10.6 Å². The summed E-state index contributed by atoms with van der Waals surface area (Å²) in [5.74, 6) is -0.0567. The largest absolute Gasteiger partial charge is 0.399 e. The Morgan fingerprint density at radius 2 is 1.76 bits per heavy atom. The molecule has 0 saturated heterocycles. The van der Waals surface area contributed by atoms with Crippen molar-refractivity contribution < 1.29 is 4.79 Å². The van der Waals surface area contributed by atoms with E-state index in [1.165, 1.54) is 5.56 Å². The van der Waals surface area contributed by atoms with Gasteiger partial charge in [0.05, 0.1) is 0 Å². The SMILES string of the molecule is Cc1ccc(N(C)C(=O)/C=C/c2ccc(N)cc2)c(C)c1. The van der Waals surface area contributed by atoms with Crippen LogP contribution in [0.1, 0.15) is 16.7 Å². The molecule has 0 bridgehead atoms. The maximum atomic E-state index is 12.2. The first kappa shape index (κ1) is 14.9. The topological polar surface area (TPSA) is 46.3 Å². The van der Waals surface area contributed by atoms with Crippen LogP contribution in [0.3, 0.4) is 0 Å². The van der Waals surface area contributed by atoms with Gasteiger partial charge in [0.1, 0.15) is 0 Å². The van der Waals surface area contributed by atoms with Crippen LogP contribution in [-0.4, -0.2) is 13.0 Å². The second-order valence-electron chi connectivity index (χ2n) is 5.19. The molecule has 0 aliphatic heterocycles. The highest BCUT2D eigenvalue weighted by molar-refractivity contribution is 6.03. The number of aryl methyl sites for hydroxylation is 2. The average Bonchev–Trinajstić information content (AvgIpc) is 2.45. The third kappa shape index (κ3) is 3.72. The van der Waals surface area contributed by atoms with Crippen LogP contribution in [0, 0.1) is 13.8 Å². The fourth-order valence-electron chi connectivity index (χ4n) is 2.19. The molecule has 1 amide bonds. The van der Waals surface area contributed by atoms with Crippen LogP contribution in [-0.2, 0) is 4.79 Å². The minimum Gasteiger partial charge on any atom is -0.399 e. The third-order valence-electron chi connectivity index (χ3n) is 3.40. The van der Waals surface area contributed by atoms with E-state index in [9.17, 15) is 4.79 Å². The Bertz CT molecular complexity index is 672. The monoisotopic (exact) mass is 280 g/mol. The maximum Gasteiger partial charge on any atom is 0.250 e. The number of hydrogen-bond donors (Lipinski definition) is 1. The number of amides is 1. The lowest BCUT2D eigenvalue weighted by Gasteiger charge is -2.18. The van der Waals surface area contributed by atoms with Gasteiger partial charge in [-0.2, -0.15) is 0 Å². The van der Waals surface area contributed by atoms with Crippen molar-refractivity contribution in [1.82, 2.24) is 0 Å². The molecule has 0 aromatic heterocycles. The number of carbonyl (C=O) groups excluding carboxylic acids is 1. The molecular weight excluding hydrogens is 260 g/mol. The Balaban J connectivity index is 2.14. The maximum absolute atomic E-state index is 12.2. The van der Waals surface area contributed by atoms with Crippen molar-refractivity contribution in [2.75, 3.05) is 17.7 Å². The Labute approximate surface area is 125 Å². The number of anilines is 2. The zero-order valence-corrected chi connectivity index (χ0v) is 12.6. The highest BCUT2D eigenvalue weighted by atomic mass is 16.2. The average molecular weight is 280 g/mol. The minimum absolute atomic E-state index is 0.0567. The molecule has 0 saturated carbocycles. The van der Waals surface area contributed by atoms with Crippen LogP contribution in [0.2, 0.25) is 0 Å². The molecule has 2 aromatic carbocycles. The molecule has 0 heterocycles. The quantitative estimate of drug-likeness (QED) is 0.690. The molecule has 21 heavy (non-hydrogen) atoms. The summed E-state index contributed by atoms with van der Waals surface area (Å²) in [7, 11) is 1.79. The molecule has 108 valence electrons. The Morgan fingerprint density at radius 3 is 2.38 bits per heavy atom. The summed E-state index contributed by atoms with van der Waals surface area (Å²) in [6.45, 7) is 4.05. The third-order valence-corrected chi connectivity index (χ3v) is 3.40. The highest BCUT2D eigenvalue weighted by Crippen LogP contribution is 2.20. The predicted octanol–water partition coefficient (Wildman–Crippen LogP) is 3.56. The molecule has 2 rings (SSSR count). The molecule has 0 spiro atoms. The second kappa shape index (κ2) is 6.27. The van der Waals surface area contributed by atoms with Gasteiger partial charge in [0, 0.05) is 24.5 Å². The number of nitrogens with zero attached hydrogens (tertiary/aromatic N) is 1. The number of rotatable bonds is 3. The van der Waals surface area contributed by atoms with E-state index >= 15 is 0 Å². The van der Waals surface area contributed by atoms with Gasteiger partial charge in [-0.25, -0.2) is 0 Å². The lowest BCUT2D eigenvalue weighted by atomic mass is 10.1. The van der Waals surface area contributed by atoms with Gasteiger partial charge in [-0.3, -0.25) is 4.79 Å². The van der Waals surface area contributed by atoms with Crippen LogP contribution < -0.4 is 10.6 Å². The molecule has 0 aliphatic carbocycles. The van der Waals surface area contributed by atoms with Gasteiger partial charge in [0.25, 0.3) is 5.91 Å². The molecule has 3 nitrogen and oxygen atoms in total. The van der Waals surface area contributed by atoms with Crippen molar-refractivity contribution in [1.29, 1.82) is 0 Å². The first-order valence-corrected chi connectivity index (χ1v) is 6.86. The molecule has 0 radical (unpaired) electrons. The number of carbonyl (C=O) groups is 1. The number of benzene rings is 2. The summed E-state index contributed by atoms with van der Waals surface area (Å²) >= 11 is 0. The van der Waals surface area contributed by atoms with Crippen LogP contribution in [0.5, 0.6) is 0 Å². The smallest absolute Gasteiger partial charge is 0.250 e. The van der Waals surface area contributed by atoms with Gasteiger partial charge in [-0.1, -0.05) is 29.8 Å². The van der Waals surface area contributed by atoms with Crippen molar-refractivity contribution in [2.45, 2.75) is 13.8 Å². The molecule has 3 heteroatoms. The van der Waals surface area contributed by atoms with Gasteiger partial charge in [0.2, 0.25) is 0 Å². The van der Waals surface area contributed by atoms with Gasteiger partial charge >= 0.3 is 0 Å². The fraction of sp³-hybridized carbons (Fsp3) is 0.167. The summed E-state index contributed by atoms with van der Waals surface area (Å²) in [6, 6.07) is 13.5. The van der Waals surface area contributed by atoms with Crippen LogP contribution in [0.15, 0.2) is 48.5 Å². The zero-order valence-electron chi connectivity index (χ0n) is 12.6. The summed E-state index contributed by atoms with van der Waals surface area (Å²) in [5.41, 5.74) is 10.5. The number of nitrogens with two attached hydrogens (primary N) is 1. The van der Waals surface area contributed by atoms with E-state index in [-0.39, 0.29) is 5.91 Å². The van der Waals surface area contributed by atoms with Gasteiger partial charge in [0.15, 0.2) is 0 Å².